The smallest absolute Gasteiger partial charge is 0.156 e. The van der Waals surface area contributed by atoms with E-state index in [1.165, 1.54) is 0 Å². The number of nitrogens with zero attached hydrogens (tertiary/aromatic N) is 1. The zero-order valence-electron chi connectivity index (χ0n) is 5.13. The molecule has 1 heterocycles. The van der Waals surface area contributed by atoms with Gasteiger partial charge < -0.3 is 10.1 Å². The number of nitrogens with one attached hydrogen (secondary N) is 1. The first kappa shape index (κ1) is 6.53. The fourth-order valence-corrected chi connectivity index (χ4v) is 0.780. The molecule has 1 N–H and O–H groups in total. The molecule has 1 saturated heterocycles. The number of hydrogen-bond acceptors (Lipinski definition) is 3. The third-order valence-electron chi connectivity index (χ3n) is 1.20. The Balaban J connectivity index is 2.34. The summed E-state index contributed by atoms with van der Waals surface area (Å²) in [5.74, 6) is 0. The van der Waals surface area contributed by atoms with Gasteiger partial charge in [0.05, 0.1) is 12.2 Å². The lowest BCUT2D eigenvalue weighted by Gasteiger charge is -2.23. The Kier molecular flexibility index (Phi) is 2.04. The molecule has 0 amide bonds. The summed E-state index contributed by atoms with van der Waals surface area (Å²) in [6.07, 6.45) is -0.371. The lowest BCUT2D eigenvalue weighted by atomic mass is 10.3. The van der Waals surface area contributed by atoms with Gasteiger partial charge in [-0.25, -0.2) is 0 Å². The van der Waals surface area contributed by atoms with E-state index in [9.17, 15) is 0 Å². The molecular formula is C6H9N2O. The van der Waals surface area contributed by atoms with Crippen molar-refractivity contribution in [1.29, 1.82) is 5.26 Å². The summed E-state index contributed by atoms with van der Waals surface area (Å²) < 4.78 is 5.10. The molecule has 2 atom stereocenters. The van der Waals surface area contributed by atoms with Crippen LogP contribution in [0.5, 0.6) is 0 Å². The summed E-state index contributed by atoms with van der Waals surface area (Å²) >= 11 is 0. The van der Waals surface area contributed by atoms with Crippen LogP contribution < -0.4 is 5.32 Å². The maximum atomic E-state index is 8.37. The molecule has 0 spiro atoms. The summed E-state index contributed by atoms with van der Waals surface area (Å²) in [7, 11) is 0. The van der Waals surface area contributed by atoms with Gasteiger partial charge in [0.25, 0.3) is 0 Å². The summed E-state index contributed by atoms with van der Waals surface area (Å²) in [6.45, 7) is 5.04. The summed E-state index contributed by atoms with van der Waals surface area (Å²) in [5.41, 5.74) is 0. The van der Waals surface area contributed by atoms with E-state index < -0.39 is 0 Å². The highest BCUT2D eigenvalue weighted by Gasteiger charge is 2.16. The van der Waals surface area contributed by atoms with Gasteiger partial charge in [-0.3, -0.25) is 0 Å². The third kappa shape index (κ3) is 1.67. The maximum absolute atomic E-state index is 8.37. The molecule has 0 aromatic carbocycles. The highest BCUT2D eigenvalue weighted by molar-refractivity contribution is 4.90. The fraction of sp³-hybridized carbons (Fsp3) is 0.667. The van der Waals surface area contributed by atoms with Gasteiger partial charge in [0.2, 0.25) is 0 Å². The zero-order chi connectivity index (χ0) is 6.69. The second kappa shape index (κ2) is 2.81. The van der Waals surface area contributed by atoms with Gasteiger partial charge in [0.15, 0.2) is 6.10 Å². The largest absolute Gasteiger partial charge is 0.357 e. The minimum atomic E-state index is -0.304. The molecule has 1 rings (SSSR count). The molecule has 0 aromatic heterocycles. The summed E-state index contributed by atoms with van der Waals surface area (Å²) in [4.78, 5) is 0. The van der Waals surface area contributed by atoms with Crippen LogP contribution in [0.1, 0.15) is 0 Å². The second-order valence-electron chi connectivity index (χ2n) is 2.03. The zero-order valence-corrected chi connectivity index (χ0v) is 5.13. The average Bonchev–Trinajstić information content (AvgIpc) is 1.88. The normalized spacial score (nSPS) is 35.6. The van der Waals surface area contributed by atoms with E-state index in [2.05, 4.69) is 12.2 Å². The van der Waals surface area contributed by atoms with Gasteiger partial charge in [0.1, 0.15) is 0 Å². The molecule has 0 aromatic rings. The van der Waals surface area contributed by atoms with Crippen molar-refractivity contribution in [1.82, 2.24) is 5.32 Å². The Morgan fingerprint density at radius 3 is 2.89 bits per heavy atom. The highest BCUT2D eigenvalue weighted by atomic mass is 16.5. The van der Waals surface area contributed by atoms with Gasteiger partial charge in [-0.05, 0) is 6.92 Å². The molecule has 49 valence electrons. The summed E-state index contributed by atoms with van der Waals surface area (Å²) in [6, 6.07) is 2.01. The Hall–Kier alpha value is -0.590. The predicted molar refractivity (Wildman–Crippen MR) is 32.5 cm³/mol. The van der Waals surface area contributed by atoms with Crippen molar-refractivity contribution in [2.75, 3.05) is 13.1 Å². The van der Waals surface area contributed by atoms with E-state index >= 15 is 0 Å². The Labute approximate surface area is 54.6 Å². The van der Waals surface area contributed by atoms with Crippen molar-refractivity contribution >= 4 is 0 Å². The molecule has 0 aliphatic carbocycles. The Bertz CT molecular complexity index is 130. The minimum absolute atomic E-state index is 0.0663. The lowest BCUT2D eigenvalue weighted by molar-refractivity contribution is 0.0171. The Morgan fingerprint density at radius 1 is 1.67 bits per heavy atom. The number of hydrogen-bond donors (Lipinski definition) is 1. The van der Waals surface area contributed by atoms with Gasteiger partial charge >= 0.3 is 0 Å². The van der Waals surface area contributed by atoms with E-state index in [-0.39, 0.29) is 12.2 Å². The van der Waals surface area contributed by atoms with Crippen molar-refractivity contribution in [2.45, 2.75) is 12.2 Å². The van der Waals surface area contributed by atoms with E-state index in [1.807, 2.05) is 6.07 Å². The van der Waals surface area contributed by atoms with E-state index in [0.717, 1.165) is 6.54 Å². The molecule has 9 heavy (non-hydrogen) atoms. The molecule has 1 radical (unpaired) electrons. The average molecular weight is 125 g/mol. The molecule has 3 heteroatoms. The standard InChI is InChI=1S/C6H9N2O/c1-5-3-8-4-6(2-7)9-5/h5-6,8H,1,3-4H2. The van der Waals surface area contributed by atoms with Crippen molar-refractivity contribution in [3.05, 3.63) is 6.92 Å². The lowest BCUT2D eigenvalue weighted by Crippen LogP contribution is -2.42. The van der Waals surface area contributed by atoms with Gasteiger partial charge in [-0.1, -0.05) is 0 Å². The van der Waals surface area contributed by atoms with Crippen LogP contribution in [-0.4, -0.2) is 25.3 Å². The van der Waals surface area contributed by atoms with Crippen LogP contribution in [0.15, 0.2) is 0 Å². The first-order chi connectivity index (χ1) is 4.33. The van der Waals surface area contributed by atoms with E-state index in [4.69, 9.17) is 10.00 Å². The molecule has 3 nitrogen and oxygen atoms in total. The Morgan fingerprint density at radius 2 is 2.44 bits per heavy atom. The fourth-order valence-electron chi connectivity index (χ4n) is 0.780. The summed E-state index contributed by atoms with van der Waals surface area (Å²) in [5, 5.41) is 11.4. The van der Waals surface area contributed by atoms with Crippen LogP contribution >= 0.6 is 0 Å². The molecule has 1 aliphatic rings. The van der Waals surface area contributed by atoms with Crippen LogP contribution in [0.3, 0.4) is 0 Å². The third-order valence-corrected chi connectivity index (χ3v) is 1.20. The molecular weight excluding hydrogens is 116 g/mol. The van der Waals surface area contributed by atoms with Crippen LogP contribution in [0.2, 0.25) is 0 Å². The second-order valence-corrected chi connectivity index (χ2v) is 2.03. The minimum Gasteiger partial charge on any atom is -0.357 e. The molecule has 0 bridgehead atoms. The van der Waals surface area contributed by atoms with Gasteiger partial charge in [-0.15, -0.1) is 0 Å². The van der Waals surface area contributed by atoms with E-state index in [0.29, 0.717) is 6.54 Å². The predicted octanol–water partition coefficient (Wildman–Crippen LogP) is -0.299. The number of morpholine rings is 1. The van der Waals surface area contributed by atoms with Crippen molar-refractivity contribution in [2.24, 2.45) is 0 Å². The topological polar surface area (TPSA) is 45.0 Å². The maximum Gasteiger partial charge on any atom is 0.156 e. The molecule has 1 fully saturated rings. The van der Waals surface area contributed by atoms with Crippen LogP contribution in [0, 0.1) is 18.3 Å². The van der Waals surface area contributed by atoms with Crippen molar-refractivity contribution < 1.29 is 4.74 Å². The van der Waals surface area contributed by atoms with Gasteiger partial charge in [-0.2, -0.15) is 5.26 Å². The quantitative estimate of drug-likeness (QED) is 0.483. The first-order valence-electron chi connectivity index (χ1n) is 2.92. The molecule has 0 saturated carbocycles. The highest BCUT2D eigenvalue weighted by Crippen LogP contribution is 2.00. The number of ether oxygens (including phenoxy) is 1. The monoisotopic (exact) mass is 125 g/mol. The molecule has 1 aliphatic heterocycles. The van der Waals surface area contributed by atoms with Crippen molar-refractivity contribution in [3.8, 4) is 6.07 Å². The van der Waals surface area contributed by atoms with Crippen LogP contribution in [0.25, 0.3) is 0 Å². The van der Waals surface area contributed by atoms with Gasteiger partial charge in [0, 0.05) is 13.1 Å². The van der Waals surface area contributed by atoms with Crippen LogP contribution in [-0.2, 0) is 4.74 Å². The van der Waals surface area contributed by atoms with E-state index in [1.54, 1.807) is 0 Å². The van der Waals surface area contributed by atoms with Crippen molar-refractivity contribution in [3.63, 3.8) is 0 Å². The SMILES string of the molecule is [CH2]C1CNCC(C#N)O1. The van der Waals surface area contributed by atoms with Crippen LogP contribution in [0.4, 0.5) is 0 Å². The number of rotatable bonds is 0. The number of nitriles is 1. The first-order valence-corrected chi connectivity index (χ1v) is 2.92. The molecule has 2 unspecified atom stereocenters.